The van der Waals surface area contributed by atoms with Crippen molar-refractivity contribution in [1.29, 1.82) is 0 Å². The molecule has 1 rings (SSSR count). The molecule has 3 heteroatoms. The summed E-state index contributed by atoms with van der Waals surface area (Å²) >= 11 is 0. The summed E-state index contributed by atoms with van der Waals surface area (Å²) in [5.41, 5.74) is 0.0803. The SMILES string of the molecule is C=CCN(C(=O)CCNC(C)(C)C)C1CCCC1. The van der Waals surface area contributed by atoms with Crippen molar-refractivity contribution >= 4 is 5.91 Å². The van der Waals surface area contributed by atoms with Gasteiger partial charge in [-0.25, -0.2) is 0 Å². The lowest BCUT2D eigenvalue weighted by Gasteiger charge is -2.29. The Hall–Kier alpha value is -0.830. The summed E-state index contributed by atoms with van der Waals surface area (Å²) < 4.78 is 0. The molecule has 18 heavy (non-hydrogen) atoms. The summed E-state index contributed by atoms with van der Waals surface area (Å²) in [7, 11) is 0. The van der Waals surface area contributed by atoms with E-state index in [-0.39, 0.29) is 11.4 Å². The predicted molar refractivity (Wildman–Crippen MR) is 76.5 cm³/mol. The molecule has 0 unspecified atom stereocenters. The Morgan fingerprint density at radius 3 is 2.50 bits per heavy atom. The van der Waals surface area contributed by atoms with Gasteiger partial charge >= 0.3 is 0 Å². The van der Waals surface area contributed by atoms with E-state index in [4.69, 9.17) is 0 Å². The van der Waals surface area contributed by atoms with Crippen molar-refractivity contribution in [2.45, 2.75) is 64.5 Å². The van der Waals surface area contributed by atoms with E-state index in [1.54, 1.807) is 0 Å². The van der Waals surface area contributed by atoms with Crippen LogP contribution >= 0.6 is 0 Å². The van der Waals surface area contributed by atoms with Gasteiger partial charge in [0.1, 0.15) is 0 Å². The van der Waals surface area contributed by atoms with E-state index in [0.717, 1.165) is 19.4 Å². The van der Waals surface area contributed by atoms with Crippen molar-refractivity contribution < 1.29 is 4.79 Å². The fraction of sp³-hybridized carbons (Fsp3) is 0.800. The van der Waals surface area contributed by atoms with Gasteiger partial charge in [-0.05, 0) is 33.6 Å². The van der Waals surface area contributed by atoms with Crippen molar-refractivity contribution in [3.63, 3.8) is 0 Å². The molecule has 0 saturated heterocycles. The van der Waals surface area contributed by atoms with Crippen LogP contribution in [0.3, 0.4) is 0 Å². The highest BCUT2D eigenvalue weighted by atomic mass is 16.2. The number of nitrogens with one attached hydrogen (secondary N) is 1. The van der Waals surface area contributed by atoms with Gasteiger partial charge in [0.05, 0.1) is 0 Å². The minimum Gasteiger partial charge on any atom is -0.336 e. The number of hydrogen-bond acceptors (Lipinski definition) is 2. The lowest BCUT2D eigenvalue weighted by atomic mass is 10.1. The smallest absolute Gasteiger partial charge is 0.224 e. The summed E-state index contributed by atoms with van der Waals surface area (Å²) in [6.07, 6.45) is 7.26. The van der Waals surface area contributed by atoms with Crippen LogP contribution in [0.25, 0.3) is 0 Å². The summed E-state index contributed by atoms with van der Waals surface area (Å²) in [6.45, 7) is 11.6. The molecule has 0 radical (unpaired) electrons. The topological polar surface area (TPSA) is 32.3 Å². The van der Waals surface area contributed by atoms with Gasteiger partial charge < -0.3 is 10.2 Å². The molecular formula is C15H28N2O. The number of rotatable bonds is 6. The molecule has 1 saturated carbocycles. The molecule has 0 aromatic carbocycles. The fourth-order valence-corrected chi connectivity index (χ4v) is 2.50. The van der Waals surface area contributed by atoms with E-state index in [9.17, 15) is 4.79 Å². The number of hydrogen-bond donors (Lipinski definition) is 1. The van der Waals surface area contributed by atoms with E-state index in [0.29, 0.717) is 19.0 Å². The maximum Gasteiger partial charge on any atom is 0.224 e. The van der Waals surface area contributed by atoms with Crippen LogP contribution in [0.4, 0.5) is 0 Å². The van der Waals surface area contributed by atoms with Crippen LogP contribution in [-0.4, -0.2) is 35.5 Å². The maximum absolute atomic E-state index is 12.2. The summed E-state index contributed by atoms with van der Waals surface area (Å²) in [5, 5.41) is 3.37. The Labute approximate surface area is 112 Å². The predicted octanol–water partition coefficient (Wildman–Crippen LogP) is 2.72. The third kappa shape index (κ3) is 5.21. The Balaban J connectivity index is 2.41. The first-order chi connectivity index (χ1) is 8.44. The zero-order chi connectivity index (χ0) is 13.6. The third-order valence-corrected chi connectivity index (χ3v) is 3.41. The molecule has 0 aromatic rings. The van der Waals surface area contributed by atoms with E-state index < -0.39 is 0 Å². The summed E-state index contributed by atoms with van der Waals surface area (Å²) in [5.74, 6) is 0.263. The molecule has 0 heterocycles. The molecule has 1 amide bonds. The Bertz CT molecular complexity index is 275. The van der Waals surface area contributed by atoms with Crippen molar-refractivity contribution in [3.05, 3.63) is 12.7 Å². The van der Waals surface area contributed by atoms with Crippen LogP contribution in [-0.2, 0) is 4.79 Å². The lowest BCUT2D eigenvalue weighted by molar-refractivity contribution is -0.132. The van der Waals surface area contributed by atoms with Crippen LogP contribution in [0.5, 0.6) is 0 Å². The van der Waals surface area contributed by atoms with Crippen LogP contribution in [0.1, 0.15) is 52.9 Å². The second-order valence-electron chi connectivity index (χ2n) is 6.20. The second kappa shape index (κ2) is 6.93. The van der Waals surface area contributed by atoms with Crippen molar-refractivity contribution in [3.8, 4) is 0 Å². The summed E-state index contributed by atoms with van der Waals surface area (Å²) in [4.78, 5) is 14.3. The van der Waals surface area contributed by atoms with Crippen LogP contribution < -0.4 is 5.32 Å². The molecule has 0 atom stereocenters. The maximum atomic E-state index is 12.2. The number of amides is 1. The highest BCUT2D eigenvalue weighted by Crippen LogP contribution is 2.23. The van der Waals surface area contributed by atoms with Gasteiger partial charge in [0, 0.05) is 31.1 Å². The van der Waals surface area contributed by atoms with Crippen molar-refractivity contribution in [2.24, 2.45) is 0 Å². The van der Waals surface area contributed by atoms with Crippen molar-refractivity contribution in [2.75, 3.05) is 13.1 Å². The number of nitrogens with zero attached hydrogens (tertiary/aromatic N) is 1. The number of carbonyl (C=O) groups excluding carboxylic acids is 1. The average Bonchev–Trinajstić information content (AvgIpc) is 2.77. The van der Waals surface area contributed by atoms with Gasteiger partial charge in [0.15, 0.2) is 0 Å². The minimum absolute atomic E-state index is 0.0803. The molecule has 3 nitrogen and oxygen atoms in total. The van der Waals surface area contributed by atoms with Crippen LogP contribution in [0.2, 0.25) is 0 Å². The quantitative estimate of drug-likeness (QED) is 0.737. The Morgan fingerprint density at radius 2 is 2.00 bits per heavy atom. The summed E-state index contributed by atoms with van der Waals surface area (Å²) in [6, 6.07) is 0.449. The lowest BCUT2D eigenvalue weighted by Crippen LogP contribution is -2.42. The molecule has 0 aromatic heterocycles. The number of carbonyl (C=O) groups is 1. The van der Waals surface area contributed by atoms with E-state index in [2.05, 4.69) is 32.7 Å². The molecule has 0 spiro atoms. The average molecular weight is 252 g/mol. The third-order valence-electron chi connectivity index (χ3n) is 3.41. The van der Waals surface area contributed by atoms with Crippen LogP contribution in [0.15, 0.2) is 12.7 Å². The Morgan fingerprint density at radius 1 is 1.39 bits per heavy atom. The molecule has 1 aliphatic carbocycles. The monoisotopic (exact) mass is 252 g/mol. The Kier molecular flexibility index (Phi) is 5.86. The second-order valence-corrected chi connectivity index (χ2v) is 6.20. The van der Waals surface area contributed by atoms with E-state index >= 15 is 0 Å². The van der Waals surface area contributed by atoms with Gasteiger partial charge in [-0.1, -0.05) is 18.9 Å². The first-order valence-electron chi connectivity index (χ1n) is 7.09. The molecule has 1 N–H and O–H groups in total. The van der Waals surface area contributed by atoms with Gasteiger partial charge in [0.25, 0.3) is 0 Å². The van der Waals surface area contributed by atoms with Gasteiger partial charge in [-0.2, -0.15) is 0 Å². The van der Waals surface area contributed by atoms with Crippen molar-refractivity contribution in [1.82, 2.24) is 10.2 Å². The molecule has 0 bridgehead atoms. The van der Waals surface area contributed by atoms with E-state index in [1.807, 2.05) is 11.0 Å². The normalized spacial score (nSPS) is 16.8. The molecule has 1 fully saturated rings. The molecule has 104 valence electrons. The highest BCUT2D eigenvalue weighted by Gasteiger charge is 2.25. The van der Waals surface area contributed by atoms with Gasteiger partial charge in [0.2, 0.25) is 5.91 Å². The molecule has 1 aliphatic rings. The fourth-order valence-electron chi connectivity index (χ4n) is 2.50. The largest absolute Gasteiger partial charge is 0.336 e. The zero-order valence-electron chi connectivity index (χ0n) is 12.2. The van der Waals surface area contributed by atoms with Gasteiger partial charge in [-0.15, -0.1) is 6.58 Å². The zero-order valence-corrected chi connectivity index (χ0v) is 12.2. The highest BCUT2D eigenvalue weighted by molar-refractivity contribution is 5.77. The minimum atomic E-state index is 0.0803. The first-order valence-corrected chi connectivity index (χ1v) is 7.09. The van der Waals surface area contributed by atoms with Gasteiger partial charge in [-0.3, -0.25) is 4.79 Å². The first kappa shape index (κ1) is 15.2. The molecular weight excluding hydrogens is 224 g/mol. The van der Waals surface area contributed by atoms with E-state index in [1.165, 1.54) is 12.8 Å². The van der Waals surface area contributed by atoms with Crippen LogP contribution in [0, 0.1) is 0 Å². The standard InChI is InChI=1S/C15H28N2O/c1-5-12-17(13-8-6-7-9-13)14(18)10-11-16-15(2,3)4/h5,13,16H,1,6-12H2,2-4H3. The molecule has 0 aliphatic heterocycles.